The highest BCUT2D eigenvalue weighted by Crippen LogP contribution is 2.33. The number of rotatable bonds is 3. The number of benzene rings is 1. The van der Waals surface area contributed by atoms with Crippen LogP contribution < -0.4 is 5.73 Å². The molecule has 3 heteroatoms. The largest absolute Gasteiger partial charge is 0.508 e. The molecule has 1 unspecified atom stereocenters. The van der Waals surface area contributed by atoms with Crippen LogP contribution in [0.15, 0.2) is 48.1 Å². The molecule has 1 aromatic rings. The van der Waals surface area contributed by atoms with Crippen molar-refractivity contribution in [3.8, 4) is 5.75 Å². The lowest BCUT2D eigenvalue weighted by Gasteiger charge is -2.22. The fourth-order valence-electron chi connectivity index (χ4n) is 2.02. The van der Waals surface area contributed by atoms with Crippen molar-refractivity contribution >= 4 is 0 Å². The van der Waals surface area contributed by atoms with E-state index in [-0.39, 0.29) is 11.7 Å². The van der Waals surface area contributed by atoms with Gasteiger partial charge in [0.05, 0.1) is 6.26 Å². The van der Waals surface area contributed by atoms with E-state index in [1.807, 2.05) is 18.2 Å². The Balaban J connectivity index is 2.29. The fourth-order valence-corrected chi connectivity index (χ4v) is 2.02. The van der Waals surface area contributed by atoms with E-state index in [9.17, 15) is 5.11 Å². The second kappa shape index (κ2) is 4.95. The summed E-state index contributed by atoms with van der Waals surface area (Å²) >= 11 is 0. The molecule has 0 spiro atoms. The zero-order valence-electron chi connectivity index (χ0n) is 9.89. The average molecular weight is 231 g/mol. The van der Waals surface area contributed by atoms with Gasteiger partial charge in [-0.05, 0) is 35.8 Å². The standard InChI is InChI=1S/C14H17NO2/c1-2-3-11-9-17-14(15)8-13(11)10-4-6-12(16)7-5-10/h4-9,13,16H,2-3,15H2,1H3. The minimum Gasteiger partial charge on any atom is -0.508 e. The smallest absolute Gasteiger partial charge is 0.186 e. The van der Waals surface area contributed by atoms with Gasteiger partial charge < -0.3 is 15.6 Å². The van der Waals surface area contributed by atoms with Crippen LogP contribution in [-0.4, -0.2) is 5.11 Å². The molecule has 1 aliphatic heterocycles. The Morgan fingerprint density at radius 2 is 2.00 bits per heavy atom. The van der Waals surface area contributed by atoms with Crippen LogP contribution in [0.1, 0.15) is 31.2 Å². The molecular formula is C14H17NO2. The van der Waals surface area contributed by atoms with Gasteiger partial charge in [0.1, 0.15) is 5.75 Å². The summed E-state index contributed by atoms with van der Waals surface area (Å²) in [4.78, 5) is 0. The van der Waals surface area contributed by atoms with E-state index < -0.39 is 0 Å². The predicted molar refractivity (Wildman–Crippen MR) is 67.2 cm³/mol. The summed E-state index contributed by atoms with van der Waals surface area (Å²) in [5, 5.41) is 9.30. The van der Waals surface area contributed by atoms with Crippen molar-refractivity contribution < 1.29 is 9.84 Å². The van der Waals surface area contributed by atoms with E-state index in [1.54, 1.807) is 18.4 Å². The second-order valence-electron chi connectivity index (χ2n) is 4.20. The van der Waals surface area contributed by atoms with Gasteiger partial charge in [0.15, 0.2) is 5.88 Å². The molecule has 1 aliphatic rings. The SMILES string of the molecule is CCCC1=COC(N)=CC1c1ccc(O)cc1. The lowest BCUT2D eigenvalue weighted by atomic mass is 9.88. The summed E-state index contributed by atoms with van der Waals surface area (Å²) in [6.07, 6.45) is 5.71. The van der Waals surface area contributed by atoms with Crippen LogP contribution in [0.25, 0.3) is 0 Å². The van der Waals surface area contributed by atoms with Crippen LogP contribution in [0.3, 0.4) is 0 Å². The van der Waals surface area contributed by atoms with Crippen molar-refractivity contribution in [3.05, 3.63) is 53.6 Å². The Hall–Kier alpha value is -1.90. The Labute approximate surface area is 101 Å². The third-order valence-electron chi connectivity index (χ3n) is 2.87. The maximum atomic E-state index is 9.30. The number of hydrogen-bond donors (Lipinski definition) is 2. The molecule has 1 atom stereocenters. The first-order chi connectivity index (χ1) is 8.20. The highest BCUT2D eigenvalue weighted by Gasteiger charge is 2.18. The van der Waals surface area contributed by atoms with Gasteiger partial charge in [-0.1, -0.05) is 25.5 Å². The molecule has 0 radical (unpaired) electrons. The molecule has 17 heavy (non-hydrogen) atoms. The quantitative estimate of drug-likeness (QED) is 0.840. The molecule has 90 valence electrons. The first-order valence-corrected chi connectivity index (χ1v) is 5.82. The lowest BCUT2D eigenvalue weighted by molar-refractivity contribution is 0.325. The molecule has 3 nitrogen and oxygen atoms in total. The number of nitrogens with two attached hydrogens (primary N) is 1. The minimum absolute atomic E-state index is 0.157. The number of phenolic OH excluding ortho intramolecular Hbond substituents is 1. The Morgan fingerprint density at radius 1 is 1.29 bits per heavy atom. The molecule has 0 aliphatic carbocycles. The highest BCUT2D eigenvalue weighted by atomic mass is 16.5. The van der Waals surface area contributed by atoms with Crippen LogP contribution in [-0.2, 0) is 4.74 Å². The van der Waals surface area contributed by atoms with Crippen molar-refractivity contribution in [2.75, 3.05) is 0 Å². The van der Waals surface area contributed by atoms with Crippen LogP contribution in [0, 0.1) is 0 Å². The van der Waals surface area contributed by atoms with E-state index in [4.69, 9.17) is 10.5 Å². The van der Waals surface area contributed by atoms with E-state index >= 15 is 0 Å². The molecule has 0 amide bonds. The van der Waals surface area contributed by atoms with Gasteiger partial charge in [-0.3, -0.25) is 0 Å². The second-order valence-corrected chi connectivity index (χ2v) is 4.20. The van der Waals surface area contributed by atoms with Crippen molar-refractivity contribution in [1.82, 2.24) is 0 Å². The van der Waals surface area contributed by atoms with Crippen molar-refractivity contribution in [3.63, 3.8) is 0 Å². The molecule has 2 rings (SSSR count). The van der Waals surface area contributed by atoms with Crippen LogP contribution >= 0.6 is 0 Å². The highest BCUT2D eigenvalue weighted by molar-refractivity contribution is 5.38. The summed E-state index contributed by atoms with van der Waals surface area (Å²) in [6, 6.07) is 7.22. The third kappa shape index (κ3) is 2.61. The number of hydrogen-bond acceptors (Lipinski definition) is 3. The summed E-state index contributed by atoms with van der Waals surface area (Å²) in [5.74, 6) is 0.867. The molecule has 0 bridgehead atoms. The molecule has 0 fully saturated rings. The van der Waals surface area contributed by atoms with Crippen molar-refractivity contribution in [2.24, 2.45) is 5.73 Å². The summed E-state index contributed by atoms with van der Waals surface area (Å²) < 4.78 is 5.25. The van der Waals surface area contributed by atoms with E-state index in [0.717, 1.165) is 18.4 Å². The zero-order valence-corrected chi connectivity index (χ0v) is 9.89. The van der Waals surface area contributed by atoms with Gasteiger partial charge in [-0.15, -0.1) is 0 Å². The summed E-state index contributed by atoms with van der Waals surface area (Å²) in [6.45, 7) is 2.14. The van der Waals surface area contributed by atoms with Gasteiger partial charge >= 0.3 is 0 Å². The van der Waals surface area contributed by atoms with Crippen molar-refractivity contribution in [2.45, 2.75) is 25.7 Å². The first-order valence-electron chi connectivity index (χ1n) is 5.82. The number of ether oxygens (including phenoxy) is 1. The van der Waals surface area contributed by atoms with E-state index in [1.165, 1.54) is 5.57 Å². The summed E-state index contributed by atoms with van der Waals surface area (Å²) in [5.41, 5.74) is 8.03. The molecule has 0 saturated carbocycles. The third-order valence-corrected chi connectivity index (χ3v) is 2.87. The minimum atomic E-state index is 0.157. The van der Waals surface area contributed by atoms with Gasteiger partial charge in [-0.25, -0.2) is 0 Å². The van der Waals surface area contributed by atoms with Gasteiger partial charge in [-0.2, -0.15) is 0 Å². The maximum absolute atomic E-state index is 9.30. The van der Waals surface area contributed by atoms with Crippen LogP contribution in [0.5, 0.6) is 5.75 Å². The number of phenols is 1. The Morgan fingerprint density at radius 3 is 2.65 bits per heavy atom. The van der Waals surface area contributed by atoms with Crippen LogP contribution in [0.2, 0.25) is 0 Å². The van der Waals surface area contributed by atoms with Crippen LogP contribution in [0.4, 0.5) is 0 Å². The number of aromatic hydroxyl groups is 1. The predicted octanol–water partition coefficient (Wildman–Crippen LogP) is 2.99. The molecule has 3 N–H and O–H groups in total. The first kappa shape index (κ1) is 11.6. The topological polar surface area (TPSA) is 55.5 Å². The fraction of sp³-hybridized carbons (Fsp3) is 0.286. The van der Waals surface area contributed by atoms with Gasteiger partial charge in [0.25, 0.3) is 0 Å². The maximum Gasteiger partial charge on any atom is 0.186 e. The van der Waals surface area contributed by atoms with E-state index in [2.05, 4.69) is 6.92 Å². The summed E-state index contributed by atoms with van der Waals surface area (Å²) in [7, 11) is 0. The molecule has 0 aromatic heterocycles. The zero-order chi connectivity index (χ0) is 12.3. The lowest BCUT2D eigenvalue weighted by Crippen LogP contribution is -2.11. The molecule has 0 saturated heterocycles. The van der Waals surface area contributed by atoms with Gasteiger partial charge in [0.2, 0.25) is 0 Å². The Kier molecular flexibility index (Phi) is 3.38. The molecule has 1 aromatic carbocycles. The Bertz CT molecular complexity index is 446. The average Bonchev–Trinajstić information content (AvgIpc) is 2.33. The number of allylic oxidation sites excluding steroid dienone is 2. The normalized spacial score (nSPS) is 19.2. The van der Waals surface area contributed by atoms with Crippen molar-refractivity contribution in [1.29, 1.82) is 0 Å². The monoisotopic (exact) mass is 231 g/mol. The molecule has 1 heterocycles. The molecular weight excluding hydrogens is 214 g/mol. The van der Waals surface area contributed by atoms with Gasteiger partial charge in [0, 0.05) is 5.92 Å². The van der Waals surface area contributed by atoms with E-state index in [0.29, 0.717) is 5.88 Å².